The zero-order valence-corrected chi connectivity index (χ0v) is 12.6. The molecule has 5 heteroatoms. The van der Waals surface area contributed by atoms with Gasteiger partial charge in [-0.25, -0.2) is 4.98 Å². The number of hydrogen-bond acceptors (Lipinski definition) is 4. The minimum Gasteiger partial charge on any atom is -0.300 e. The fraction of sp³-hybridized carbons (Fsp3) is 0.733. The van der Waals surface area contributed by atoms with Crippen LogP contribution >= 0.6 is 11.3 Å². The Kier molecular flexibility index (Phi) is 3.27. The maximum absolute atomic E-state index is 11.8. The molecule has 20 heavy (non-hydrogen) atoms. The number of anilines is 1. The van der Waals surface area contributed by atoms with E-state index in [1.165, 1.54) is 36.4 Å². The zero-order chi connectivity index (χ0) is 13.5. The molecule has 0 spiro atoms. The largest absolute Gasteiger partial charge is 0.300 e. The van der Waals surface area contributed by atoms with Crippen LogP contribution in [0.3, 0.4) is 0 Å². The molecule has 1 aromatic heterocycles. The van der Waals surface area contributed by atoms with Crippen LogP contribution in [0.25, 0.3) is 0 Å². The summed E-state index contributed by atoms with van der Waals surface area (Å²) in [7, 11) is 0. The fourth-order valence-corrected chi connectivity index (χ4v) is 4.59. The molecule has 0 radical (unpaired) electrons. The van der Waals surface area contributed by atoms with Gasteiger partial charge in [0.2, 0.25) is 5.91 Å². The lowest BCUT2D eigenvalue weighted by Crippen LogP contribution is -2.41. The van der Waals surface area contributed by atoms with Crippen molar-refractivity contribution in [2.45, 2.75) is 51.0 Å². The standard InChI is InChI=1S/C15H21N3OS/c19-14-5-2-8-18(14)15-16-12-6-9-17(11-3-1-4-11)10-7-13(12)20-15/h11H,1-10H2. The van der Waals surface area contributed by atoms with Crippen molar-refractivity contribution in [2.75, 3.05) is 24.5 Å². The van der Waals surface area contributed by atoms with E-state index in [0.717, 1.165) is 43.5 Å². The van der Waals surface area contributed by atoms with Gasteiger partial charge in [-0.05, 0) is 25.7 Å². The van der Waals surface area contributed by atoms with Crippen molar-refractivity contribution in [1.82, 2.24) is 9.88 Å². The predicted molar refractivity (Wildman–Crippen MR) is 80.3 cm³/mol. The second-order valence-electron chi connectivity index (χ2n) is 6.14. The van der Waals surface area contributed by atoms with E-state index in [1.54, 1.807) is 11.3 Å². The van der Waals surface area contributed by atoms with Crippen molar-refractivity contribution in [2.24, 2.45) is 0 Å². The molecule has 0 unspecified atom stereocenters. The van der Waals surface area contributed by atoms with E-state index >= 15 is 0 Å². The van der Waals surface area contributed by atoms with Gasteiger partial charge in [-0.15, -0.1) is 11.3 Å². The van der Waals surface area contributed by atoms with Gasteiger partial charge >= 0.3 is 0 Å². The number of rotatable bonds is 2. The first-order valence-corrected chi connectivity index (χ1v) is 8.66. The van der Waals surface area contributed by atoms with Crippen LogP contribution in [0.4, 0.5) is 5.13 Å². The normalized spacial score (nSPS) is 24.6. The van der Waals surface area contributed by atoms with Crippen molar-refractivity contribution in [3.8, 4) is 0 Å². The lowest BCUT2D eigenvalue weighted by atomic mass is 9.91. The van der Waals surface area contributed by atoms with Crippen LogP contribution in [-0.4, -0.2) is 41.5 Å². The number of aromatic nitrogens is 1. The maximum Gasteiger partial charge on any atom is 0.228 e. The van der Waals surface area contributed by atoms with Gasteiger partial charge in [0.15, 0.2) is 5.13 Å². The maximum atomic E-state index is 11.8. The Labute approximate surface area is 123 Å². The minimum atomic E-state index is 0.255. The Morgan fingerprint density at radius 2 is 1.90 bits per heavy atom. The molecule has 1 aromatic rings. The molecule has 3 aliphatic rings. The van der Waals surface area contributed by atoms with E-state index in [9.17, 15) is 4.79 Å². The first-order valence-electron chi connectivity index (χ1n) is 7.84. The molecule has 2 fully saturated rings. The Bertz CT molecular complexity index is 498. The summed E-state index contributed by atoms with van der Waals surface area (Å²) in [6, 6.07) is 0.837. The minimum absolute atomic E-state index is 0.255. The molecule has 1 amide bonds. The summed E-state index contributed by atoms with van der Waals surface area (Å²) in [5.74, 6) is 0.255. The molecule has 0 aromatic carbocycles. The van der Waals surface area contributed by atoms with E-state index in [2.05, 4.69) is 4.90 Å². The summed E-state index contributed by atoms with van der Waals surface area (Å²) in [6.07, 6.45) is 8.03. The summed E-state index contributed by atoms with van der Waals surface area (Å²) < 4.78 is 0. The quantitative estimate of drug-likeness (QED) is 0.838. The van der Waals surface area contributed by atoms with Crippen molar-refractivity contribution in [1.29, 1.82) is 0 Å². The van der Waals surface area contributed by atoms with Gasteiger partial charge in [0, 0.05) is 43.4 Å². The molecule has 1 saturated carbocycles. The Morgan fingerprint density at radius 1 is 1.05 bits per heavy atom. The number of carbonyl (C=O) groups is 1. The summed E-state index contributed by atoms with van der Waals surface area (Å²) in [6.45, 7) is 3.18. The number of nitrogens with zero attached hydrogens (tertiary/aromatic N) is 3. The second-order valence-corrected chi connectivity index (χ2v) is 7.20. The highest BCUT2D eigenvalue weighted by Gasteiger charge is 2.29. The summed E-state index contributed by atoms with van der Waals surface area (Å²) in [4.78, 5) is 22.6. The summed E-state index contributed by atoms with van der Waals surface area (Å²) >= 11 is 1.76. The Balaban J connectivity index is 1.49. The van der Waals surface area contributed by atoms with Crippen molar-refractivity contribution in [3.63, 3.8) is 0 Å². The smallest absolute Gasteiger partial charge is 0.228 e. The van der Waals surface area contributed by atoms with Gasteiger partial charge in [0.25, 0.3) is 0 Å². The average Bonchev–Trinajstić information content (AvgIpc) is 2.92. The van der Waals surface area contributed by atoms with Crippen LogP contribution in [0.15, 0.2) is 0 Å². The third-order valence-electron chi connectivity index (χ3n) is 4.92. The molecular formula is C15H21N3OS. The molecule has 0 atom stereocenters. The van der Waals surface area contributed by atoms with Crippen molar-refractivity contribution in [3.05, 3.63) is 10.6 Å². The first kappa shape index (κ1) is 12.8. The highest BCUT2D eigenvalue weighted by molar-refractivity contribution is 7.16. The topological polar surface area (TPSA) is 36.4 Å². The van der Waals surface area contributed by atoms with Crippen molar-refractivity contribution >= 4 is 22.4 Å². The summed E-state index contributed by atoms with van der Waals surface area (Å²) in [5, 5.41) is 0.953. The zero-order valence-electron chi connectivity index (χ0n) is 11.8. The number of carbonyl (C=O) groups excluding carboxylic acids is 1. The Morgan fingerprint density at radius 3 is 2.60 bits per heavy atom. The van der Waals surface area contributed by atoms with Gasteiger partial charge in [-0.1, -0.05) is 6.42 Å². The van der Waals surface area contributed by atoms with Gasteiger partial charge in [-0.2, -0.15) is 0 Å². The monoisotopic (exact) mass is 291 g/mol. The van der Waals surface area contributed by atoms with Crippen LogP contribution in [0.5, 0.6) is 0 Å². The number of amides is 1. The number of thiazole rings is 1. The number of hydrogen-bond donors (Lipinski definition) is 0. The van der Waals surface area contributed by atoms with E-state index < -0.39 is 0 Å². The first-order chi connectivity index (χ1) is 9.81. The molecule has 0 bridgehead atoms. The van der Waals surface area contributed by atoms with Gasteiger partial charge < -0.3 is 0 Å². The SMILES string of the molecule is O=C1CCCN1c1nc2c(s1)CCN(C1CCC1)CC2. The molecular weight excluding hydrogens is 270 g/mol. The molecule has 4 rings (SSSR count). The third kappa shape index (κ3) is 2.17. The Hall–Kier alpha value is -0.940. The van der Waals surface area contributed by atoms with Gasteiger partial charge in [-0.3, -0.25) is 14.6 Å². The van der Waals surface area contributed by atoms with E-state index in [1.807, 2.05) is 4.90 Å². The van der Waals surface area contributed by atoms with Crippen LogP contribution in [-0.2, 0) is 17.6 Å². The molecule has 1 saturated heterocycles. The highest BCUT2D eigenvalue weighted by atomic mass is 32.1. The summed E-state index contributed by atoms with van der Waals surface area (Å²) in [5.41, 5.74) is 1.26. The van der Waals surface area contributed by atoms with E-state index in [-0.39, 0.29) is 5.91 Å². The van der Waals surface area contributed by atoms with Crippen LogP contribution < -0.4 is 4.90 Å². The van der Waals surface area contributed by atoms with Crippen LogP contribution in [0, 0.1) is 0 Å². The molecule has 3 heterocycles. The van der Waals surface area contributed by atoms with Crippen LogP contribution in [0.2, 0.25) is 0 Å². The van der Waals surface area contributed by atoms with Crippen molar-refractivity contribution < 1.29 is 4.79 Å². The average molecular weight is 291 g/mol. The molecule has 2 aliphatic heterocycles. The second kappa shape index (κ2) is 5.11. The van der Waals surface area contributed by atoms with E-state index in [0.29, 0.717) is 6.42 Å². The number of fused-ring (bicyclic) bond motifs is 1. The van der Waals surface area contributed by atoms with E-state index in [4.69, 9.17) is 4.98 Å². The third-order valence-corrected chi connectivity index (χ3v) is 6.10. The molecule has 1 aliphatic carbocycles. The lowest BCUT2D eigenvalue weighted by molar-refractivity contribution is -0.117. The predicted octanol–water partition coefficient (Wildman–Crippen LogP) is 2.22. The molecule has 4 nitrogen and oxygen atoms in total. The van der Waals surface area contributed by atoms with Gasteiger partial charge in [0.05, 0.1) is 5.69 Å². The molecule has 0 N–H and O–H groups in total. The molecule has 108 valence electrons. The van der Waals surface area contributed by atoms with Gasteiger partial charge in [0.1, 0.15) is 0 Å². The van der Waals surface area contributed by atoms with Crippen LogP contribution in [0.1, 0.15) is 42.7 Å². The lowest BCUT2D eigenvalue weighted by Gasteiger charge is -2.36. The fourth-order valence-electron chi connectivity index (χ4n) is 3.45. The highest BCUT2D eigenvalue weighted by Crippen LogP contribution is 2.33.